The lowest BCUT2D eigenvalue weighted by Gasteiger charge is -2.15. The fourth-order valence-corrected chi connectivity index (χ4v) is 8.70. The zero-order chi connectivity index (χ0) is 44.6. The van der Waals surface area contributed by atoms with E-state index >= 15 is 0 Å². The molecule has 0 fully saturated rings. The molecule has 7 heteroatoms. The van der Waals surface area contributed by atoms with Gasteiger partial charge in [0.15, 0.2) is 11.6 Å². The fraction of sp³-hybridized carbons (Fsp3) is 0. The summed E-state index contributed by atoms with van der Waals surface area (Å²) in [6, 6.07) is 61.1. The molecule has 0 saturated heterocycles. The van der Waals surface area contributed by atoms with Crippen molar-refractivity contribution in [2.45, 2.75) is 0 Å². The molecule has 8 aromatic carbocycles. The van der Waals surface area contributed by atoms with Crippen LogP contribution >= 0.6 is 0 Å². The van der Waals surface area contributed by atoms with Gasteiger partial charge in [0.2, 0.25) is 0 Å². The molecule has 0 heterocycles. The molecule has 0 aliphatic heterocycles. The van der Waals surface area contributed by atoms with Gasteiger partial charge in [-0.15, -0.1) is 0 Å². The number of carbonyl (C=O) groups excluding carboxylic acids is 2. The van der Waals surface area contributed by atoms with Gasteiger partial charge in [-0.05, 0) is 117 Å². The Bertz CT molecular complexity index is 3030. The Hall–Kier alpha value is -8.94. The molecule has 0 saturated carbocycles. The van der Waals surface area contributed by atoms with Crippen LogP contribution in [0.5, 0.6) is 34.5 Å². The van der Waals surface area contributed by atoms with E-state index in [9.17, 15) is 30.0 Å². The Balaban J connectivity index is 1.04. The van der Waals surface area contributed by atoms with Crippen LogP contribution in [0.1, 0.15) is 44.5 Å². The number of phenols is 4. The minimum Gasteiger partial charge on any atom is -0.508 e. The van der Waals surface area contributed by atoms with Gasteiger partial charge in [-0.2, -0.15) is 0 Å². The van der Waals surface area contributed by atoms with Crippen LogP contribution < -0.4 is 4.74 Å². The SMILES string of the molecule is O=C1C(c2ccc(O)cc2)=C(c2ccccc2)C(c2ccc(Oc3ccc(C4=C(c5ccc(O)cc5)C(=O)C(c5ccc(O)cc5)=C4c4ccccc4)cc3)cc2)=C1c1ccc(O)cc1. The minimum atomic E-state index is -0.177. The number of aromatic hydroxyl groups is 4. The zero-order valence-corrected chi connectivity index (χ0v) is 34.6. The highest BCUT2D eigenvalue weighted by atomic mass is 16.5. The number of Topliss-reactive ketones (excluding diaryl/α,β-unsaturated/α-hetero) is 2. The van der Waals surface area contributed by atoms with Crippen molar-refractivity contribution >= 4 is 56.2 Å². The van der Waals surface area contributed by atoms with Crippen molar-refractivity contribution in [3.05, 3.63) is 251 Å². The standard InChI is InChI=1S/C58H38O7/c59-43-23-11-39(12-24-43)53-49(35-7-3-1-4-8-35)51(55(57(53)63)41-15-27-45(61)28-16-41)37-19-31-47(32-20-37)65-48-33-21-38(22-34-48)52-50(36-9-5-2-6-10-36)54(40-13-25-44(60)26-14-40)58(64)56(52)42-17-29-46(62)30-18-42/h1-34,59-62H. The maximum atomic E-state index is 14.7. The summed E-state index contributed by atoms with van der Waals surface area (Å²) in [7, 11) is 0. The Labute approximate surface area is 374 Å². The molecule has 4 N–H and O–H groups in total. The van der Waals surface area contributed by atoms with Crippen LogP contribution in [0.25, 0.3) is 44.6 Å². The maximum Gasteiger partial charge on any atom is 0.195 e. The molecular formula is C58H38O7. The summed E-state index contributed by atoms with van der Waals surface area (Å²) in [5.41, 5.74) is 10.8. The second kappa shape index (κ2) is 16.7. The molecule has 65 heavy (non-hydrogen) atoms. The second-order valence-corrected chi connectivity index (χ2v) is 15.7. The molecule has 10 rings (SSSR count). The van der Waals surface area contributed by atoms with Gasteiger partial charge in [0.25, 0.3) is 0 Å². The van der Waals surface area contributed by atoms with Crippen LogP contribution in [0.3, 0.4) is 0 Å². The molecule has 0 unspecified atom stereocenters. The molecule has 2 aliphatic rings. The van der Waals surface area contributed by atoms with Gasteiger partial charge < -0.3 is 25.2 Å². The van der Waals surface area contributed by atoms with E-state index in [0.29, 0.717) is 56.0 Å². The first-order chi connectivity index (χ1) is 31.7. The van der Waals surface area contributed by atoms with Crippen LogP contribution in [-0.4, -0.2) is 32.0 Å². The van der Waals surface area contributed by atoms with Crippen LogP contribution in [0.15, 0.2) is 206 Å². The summed E-state index contributed by atoms with van der Waals surface area (Å²) in [6.07, 6.45) is 0. The number of hydrogen-bond acceptors (Lipinski definition) is 7. The Morgan fingerprint density at radius 3 is 0.677 bits per heavy atom. The van der Waals surface area contributed by atoms with Gasteiger partial charge in [0, 0.05) is 44.6 Å². The second-order valence-electron chi connectivity index (χ2n) is 15.7. The smallest absolute Gasteiger partial charge is 0.195 e. The molecule has 2 aliphatic carbocycles. The summed E-state index contributed by atoms with van der Waals surface area (Å²) in [6.45, 7) is 0. The van der Waals surface area contributed by atoms with E-state index in [2.05, 4.69) is 0 Å². The van der Waals surface area contributed by atoms with Crippen molar-refractivity contribution in [2.75, 3.05) is 0 Å². The average Bonchev–Trinajstić information content (AvgIpc) is 3.82. The van der Waals surface area contributed by atoms with Gasteiger partial charge in [0.05, 0.1) is 0 Å². The summed E-state index contributed by atoms with van der Waals surface area (Å²) < 4.78 is 6.44. The molecular weight excluding hydrogens is 809 g/mol. The largest absolute Gasteiger partial charge is 0.508 e. The highest BCUT2D eigenvalue weighted by molar-refractivity contribution is 6.60. The maximum absolute atomic E-state index is 14.7. The quantitative estimate of drug-likeness (QED) is 0.108. The summed E-state index contributed by atoms with van der Waals surface area (Å²) in [5, 5.41) is 40.6. The minimum absolute atomic E-state index is 0.0871. The fourth-order valence-electron chi connectivity index (χ4n) is 8.70. The molecule has 0 aromatic heterocycles. The van der Waals surface area contributed by atoms with E-state index in [1.165, 1.54) is 0 Å². The lowest BCUT2D eigenvalue weighted by Crippen LogP contribution is -2.02. The lowest BCUT2D eigenvalue weighted by molar-refractivity contribution is -0.109. The first kappa shape index (κ1) is 40.2. The van der Waals surface area contributed by atoms with E-state index in [1.54, 1.807) is 97.1 Å². The third kappa shape index (κ3) is 7.57. The van der Waals surface area contributed by atoms with Crippen LogP contribution in [0.4, 0.5) is 0 Å². The van der Waals surface area contributed by atoms with E-state index in [-0.39, 0.29) is 34.6 Å². The van der Waals surface area contributed by atoms with Gasteiger partial charge >= 0.3 is 0 Å². The monoisotopic (exact) mass is 846 g/mol. The van der Waals surface area contributed by atoms with Gasteiger partial charge in [-0.1, -0.05) is 133 Å². The van der Waals surface area contributed by atoms with Crippen molar-refractivity contribution < 1.29 is 34.8 Å². The zero-order valence-electron chi connectivity index (χ0n) is 34.6. The normalized spacial score (nSPS) is 13.9. The number of rotatable bonds is 10. The van der Waals surface area contributed by atoms with E-state index in [4.69, 9.17) is 4.74 Å². The van der Waals surface area contributed by atoms with E-state index in [0.717, 1.165) is 44.5 Å². The number of allylic oxidation sites excluding steroid dienone is 8. The molecule has 7 nitrogen and oxygen atoms in total. The molecule has 0 bridgehead atoms. The molecule has 0 radical (unpaired) electrons. The molecule has 0 amide bonds. The van der Waals surface area contributed by atoms with Crippen molar-refractivity contribution in [3.8, 4) is 34.5 Å². The number of ether oxygens (including phenoxy) is 1. The molecule has 8 aromatic rings. The summed E-state index contributed by atoms with van der Waals surface area (Å²) in [4.78, 5) is 29.4. The van der Waals surface area contributed by atoms with Crippen LogP contribution in [0, 0.1) is 0 Å². The number of carbonyl (C=O) groups is 2. The Kier molecular flexibility index (Phi) is 10.3. The van der Waals surface area contributed by atoms with Crippen molar-refractivity contribution in [2.24, 2.45) is 0 Å². The summed E-state index contributed by atoms with van der Waals surface area (Å²) >= 11 is 0. The lowest BCUT2D eigenvalue weighted by atomic mass is 9.89. The molecule has 0 spiro atoms. The highest BCUT2D eigenvalue weighted by Gasteiger charge is 2.37. The average molecular weight is 847 g/mol. The van der Waals surface area contributed by atoms with E-state index in [1.807, 2.05) is 109 Å². The van der Waals surface area contributed by atoms with Crippen molar-refractivity contribution in [3.63, 3.8) is 0 Å². The van der Waals surface area contributed by atoms with Crippen LogP contribution in [-0.2, 0) is 9.59 Å². The number of hydrogen-bond donors (Lipinski definition) is 4. The Morgan fingerprint density at radius 1 is 0.231 bits per heavy atom. The first-order valence-electron chi connectivity index (χ1n) is 21.0. The topological polar surface area (TPSA) is 124 Å². The van der Waals surface area contributed by atoms with E-state index < -0.39 is 0 Å². The van der Waals surface area contributed by atoms with Gasteiger partial charge in [-0.3, -0.25) is 9.59 Å². The van der Waals surface area contributed by atoms with Gasteiger partial charge in [-0.25, -0.2) is 0 Å². The predicted octanol–water partition coefficient (Wildman–Crippen LogP) is 12.5. The van der Waals surface area contributed by atoms with Crippen LogP contribution in [0.2, 0.25) is 0 Å². The number of phenolic OH excluding ortho intramolecular Hbond substituents is 4. The molecule has 0 atom stereocenters. The number of ketones is 2. The summed E-state index contributed by atoms with van der Waals surface area (Å²) in [5.74, 6) is 1.12. The molecule has 312 valence electrons. The number of benzene rings is 8. The van der Waals surface area contributed by atoms with Crippen molar-refractivity contribution in [1.82, 2.24) is 0 Å². The van der Waals surface area contributed by atoms with Crippen molar-refractivity contribution in [1.29, 1.82) is 0 Å². The van der Waals surface area contributed by atoms with Gasteiger partial charge in [0.1, 0.15) is 34.5 Å². The third-order valence-corrected chi connectivity index (χ3v) is 11.7. The first-order valence-corrected chi connectivity index (χ1v) is 21.0. The predicted molar refractivity (Wildman–Crippen MR) is 256 cm³/mol. The Morgan fingerprint density at radius 2 is 0.431 bits per heavy atom. The highest BCUT2D eigenvalue weighted by Crippen LogP contribution is 2.52. The third-order valence-electron chi connectivity index (χ3n) is 11.7.